The topological polar surface area (TPSA) is 94.5 Å². The zero-order chi connectivity index (χ0) is 27.2. The van der Waals surface area contributed by atoms with Crippen molar-refractivity contribution in [3.8, 4) is 0 Å². The number of hydrogen-bond acceptors (Lipinski definition) is 7. The predicted molar refractivity (Wildman–Crippen MR) is 143 cm³/mol. The van der Waals surface area contributed by atoms with Crippen molar-refractivity contribution in [3.63, 3.8) is 0 Å². The van der Waals surface area contributed by atoms with Crippen molar-refractivity contribution >= 4 is 5.97 Å². The lowest BCUT2D eigenvalue weighted by molar-refractivity contribution is -0.332. The molecular formula is C31H44O7. The van der Waals surface area contributed by atoms with E-state index in [1.807, 2.05) is 12.2 Å². The van der Waals surface area contributed by atoms with Gasteiger partial charge in [-0.1, -0.05) is 49.8 Å². The third-order valence-electron chi connectivity index (χ3n) is 9.30. The van der Waals surface area contributed by atoms with Gasteiger partial charge in [0.25, 0.3) is 0 Å². The lowest BCUT2D eigenvalue weighted by Crippen LogP contribution is -2.58. The maximum Gasteiger partial charge on any atom is 0.316 e. The molecule has 7 heteroatoms. The van der Waals surface area contributed by atoms with Crippen LogP contribution in [0.2, 0.25) is 0 Å². The highest BCUT2D eigenvalue weighted by Crippen LogP contribution is 2.47. The van der Waals surface area contributed by atoms with E-state index in [1.165, 1.54) is 5.57 Å². The Labute approximate surface area is 226 Å². The third-order valence-corrected chi connectivity index (χ3v) is 9.30. The molecule has 38 heavy (non-hydrogen) atoms. The quantitative estimate of drug-likeness (QED) is 0.352. The van der Waals surface area contributed by atoms with E-state index in [4.69, 9.17) is 18.9 Å². The molecular weight excluding hydrogens is 484 g/mol. The molecule has 0 saturated carbocycles. The predicted octanol–water partition coefficient (Wildman–Crippen LogP) is 4.53. The second-order valence-electron chi connectivity index (χ2n) is 12.4. The molecule has 0 aromatic heterocycles. The number of aliphatic hydroxyl groups is 2. The van der Waals surface area contributed by atoms with Crippen LogP contribution in [0.15, 0.2) is 47.1 Å². The van der Waals surface area contributed by atoms with E-state index < -0.39 is 41.6 Å². The summed E-state index contributed by atoms with van der Waals surface area (Å²) in [4.78, 5) is 13.8. The van der Waals surface area contributed by atoms with Crippen molar-refractivity contribution in [3.05, 3.63) is 47.1 Å². The number of carbonyl (C=O) groups excluding carboxylic acids is 1. The summed E-state index contributed by atoms with van der Waals surface area (Å²) in [6.45, 7) is 10.5. The Morgan fingerprint density at radius 2 is 1.89 bits per heavy atom. The van der Waals surface area contributed by atoms with Crippen LogP contribution in [0, 0.1) is 17.8 Å². The highest BCUT2D eigenvalue weighted by molar-refractivity contribution is 5.78. The van der Waals surface area contributed by atoms with Crippen LogP contribution in [0.3, 0.4) is 0 Å². The Bertz CT molecular complexity index is 1040. The molecule has 0 amide bonds. The van der Waals surface area contributed by atoms with Crippen LogP contribution in [-0.4, -0.2) is 64.7 Å². The summed E-state index contributed by atoms with van der Waals surface area (Å²) in [5.74, 6) is -1.53. The van der Waals surface area contributed by atoms with E-state index in [0.29, 0.717) is 35.8 Å². The van der Waals surface area contributed by atoms with Crippen LogP contribution in [-0.2, 0) is 23.7 Å². The first-order valence-corrected chi connectivity index (χ1v) is 14.3. The molecule has 5 aliphatic rings. The van der Waals surface area contributed by atoms with Crippen molar-refractivity contribution in [1.82, 2.24) is 0 Å². The number of allylic oxidation sites excluding steroid dienone is 4. The van der Waals surface area contributed by atoms with Crippen LogP contribution in [0.4, 0.5) is 0 Å². The molecule has 210 valence electrons. The molecule has 4 aliphatic heterocycles. The van der Waals surface area contributed by atoms with Gasteiger partial charge in [-0.2, -0.15) is 0 Å². The summed E-state index contributed by atoms with van der Waals surface area (Å²) in [7, 11) is 0. The zero-order valence-corrected chi connectivity index (χ0v) is 23.4. The van der Waals surface area contributed by atoms with Crippen LogP contribution in [0.1, 0.15) is 73.1 Å². The fourth-order valence-electron chi connectivity index (χ4n) is 6.85. The van der Waals surface area contributed by atoms with E-state index in [2.05, 4.69) is 39.8 Å². The molecule has 3 fully saturated rings. The number of fused-ring (bicyclic) bond motifs is 2. The van der Waals surface area contributed by atoms with Gasteiger partial charge in [0.2, 0.25) is 0 Å². The standard InChI is InChI=1S/C31H44O7/c1-18-7-6-8-23-17-35-28-27(32)21(4)14-26(31(23,28)34)29(33)36-25-15-24(10-9-19(2)13-18)38-30(16-25)12-11-20(3)22(5)37-30/h6-9,14,18,20,22,24-28,32,34H,10-13,15-17H2,1-5H3/t18-,20-,22+,24+,25-,26?,27?,28+,30-,31+/m0/s1. The fraction of sp³-hybridized carbons (Fsp3) is 0.710. The molecule has 0 aromatic rings. The maximum absolute atomic E-state index is 13.8. The first-order chi connectivity index (χ1) is 18.0. The van der Waals surface area contributed by atoms with Gasteiger partial charge < -0.3 is 29.2 Å². The molecule has 2 unspecified atom stereocenters. The summed E-state index contributed by atoms with van der Waals surface area (Å²) in [5, 5.41) is 22.8. The highest BCUT2D eigenvalue weighted by Gasteiger charge is 2.60. The molecule has 1 aliphatic carbocycles. The summed E-state index contributed by atoms with van der Waals surface area (Å²) in [6.07, 6.45) is 11.8. The highest BCUT2D eigenvalue weighted by atomic mass is 16.7. The fourth-order valence-corrected chi connectivity index (χ4v) is 6.85. The van der Waals surface area contributed by atoms with E-state index in [9.17, 15) is 15.0 Å². The van der Waals surface area contributed by atoms with Crippen molar-refractivity contribution in [2.45, 2.75) is 115 Å². The molecule has 7 nitrogen and oxygen atoms in total. The van der Waals surface area contributed by atoms with Gasteiger partial charge in [-0.3, -0.25) is 4.79 Å². The molecule has 10 atom stereocenters. The van der Waals surface area contributed by atoms with Gasteiger partial charge in [-0.15, -0.1) is 0 Å². The largest absolute Gasteiger partial charge is 0.462 e. The minimum atomic E-state index is -1.68. The molecule has 2 bridgehead atoms. The van der Waals surface area contributed by atoms with Crippen LogP contribution in [0.25, 0.3) is 0 Å². The van der Waals surface area contributed by atoms with Gasteiger partial charge in [-0.05, 0) is 63.0 Å². The first-order valence-electron chi connectivity index (χ1n) is 14.3. The average Bonchev–Trinajstić information content (AvgIpc) is 3.19. The van der Waals surface area contributed by atoms with Gasteiger partial charge >= 0.3 is 5.97 Å². The number of aliphatic hydroxyl groups excluding tert-OH is 1. The van der Waals surface area contributed by atoms with Crippen LogP contribution < -0.4 is 0 Å². The minimum absolute atomic E-state index is 0.0526. The summed E-state index contributed by atoms with van der Waals surface area (Å²) in [6, 6.07) is 0. The van der Waals surface area contributed by atoms with Gasteiger partial charge in [0.1, 0.15) is 29.8 Å². The lowest BCUT2D eigenvalue weighted by atomic mass is 9.71. The second-order valence-corrected chi connectivity index (χ2v) is 12.4. The monoisotopic (exact) mass is 528 g/mol. The number of carbonyl (C=O) groups is 1. The number of rotatable bonds is 0. The lowest BCUT2D eigenvalue weighted by Gasteiger charge is -2.49. The number of esters is 1. The summed E-state index contributed by atoms with van der Waals surface area (Å²) in [5.41, 5.74) is 0.783. The van der Waals surface area contributed by atoms with Gasteiger partial charge in [0, 0.05) is 19.3 Å². The van der Waals surface area contributed by atoms with Crippen LogP contribution in [0.5, 0.6) is 0 Å². The second kappa shape index (κ2) is 10.7. The molecule has 0 aromatic carbocycles. The molecule has 0 radical (unpaired) electrons. The van der Waals surface area contributed by atoms with E-state index in [0.717, 1.165) is 25.7 Å². The Kier molecular flexibility index (Phi) is 7.79. The molecule has 3 saturated heterocycles. The molecule has 2 N–H and O–H groups in total. The van der Waals surface area contributed by atoms with Crippen LogP contribution >= 0.6 is 0 Å². The number of ether oxygens (including phenoxy) is 4. The van der Waals surface area contributed by atoms with E-state index in [-0.39, 0.29) is 18.8 Å². The number of hydrogen-bond donors (Lipinski definition) is 2. The van der Waals surface area contributed by atoms with Gasteiger partial charge in [0.15, 0.2) is 5.79 Å². The van der Waals surface area contributed by atoms with Gasteiger partial charge in [-0.25, -0.2) is 0 Å². The SMILES string of the molecule is CC1=CC[C@@H]2C[C@@H](C[C@]3(CC[C@H](C)[C@@H](C)O3)O2)OC(=O)C2C=C(C)C(O)[C@H]3OCC(=CC=C[C@H](C)C1)[C@@]23O. The van der Waals surface area contributed by atoms with E-state index in [1.54, 1.807) is 13.0 Å². The third kappa shape index (κ3) is 5.20. The van der Waals surface area contributed by atoms with E-state index >= 15 is 0 Å². The van der Waals surface area contributed by atoms with Gasteiger partial charge in [0.05, 0.1) is 18.8 Å². The minimum Gasteiger partial charge on any atom is -0.462 e. The normalized spacial score (nSPS) is 46.1. The summed E-state index contributed by atoms with van der Waals surface area (Å²) >= 11 is 0. The molecule has 1 spiro atoms. The molecule has 5 rings (SSSR count). The average molecular weight is 529 g/mol. The van der Waals surface area contributed by atoms with Crippen molar-refractivity contribution in [2.24, 2.45) is 17.8 Å². The smallest absolute Gasteiger partial charge is 0.316 e. The Morgan fingerprint density at radius 3 is 2.66 bits per heavy atom. The maximum atomic E-state index is 13.8. The van der Waals surface area contributed by atoms with Crippen molar-refractivity contribution in [2.75, 3.05) is 6.61 Å². The molecule has 4 heterocycles. The Balaban J connectivity index is 1.51. The Hall–Kier alpha value is -1.77. The zero-order valence-electron chi connectivity index (χ0n) is 23.4. The Morgan fingerprint density at radius 1 is 1.11 bits per heavy atom. The van der Waals surface area contributed by atoms with Crippen molar-refractivity contribution in [1.29, 1.82) is 0 Å². The summed E-state index contributed by atoms with van der Waals surface area (Å²) < 4.78 is 25.2. The first kappa shape index (κ1) is 27.8. The van der Waals surface area contributed by atoms with Crippen molar-refractivity contribution < 1.29 is 34.0 Å².